The highest BCUT2D eigenvalue weighted by atomic mass is 16.4. The average Bonchev–Trinajstić information content (AvgIpc) is 2.63. The van der Waals surface area contributed by atoms with E-state index in [2.05, 4.69) is 0 Å². The van der Waals surface area contributed by atoms with E-state index in [-0.39, 0.29) is 5.91 Å². The lowest BCUT2D eigenvalue weighted by Gasteiger charge is -2.27. The lowest BCUT2D eigenvalue weighted by molar-refractivity contribution is -0.142. The van der Waals surface area contributed by atoms with Crippen LogP contribution in [0.2, 0.25) is 0 Å². The third-order valence-electron chi connectivity index (χ3n) is 3.43. The Hall–Kier alpha value is -2.04. The maximum absolute atomic E-state index is 12.4. The van der Waals surface area contributed by atoms with Crippen LogP contribution in [0.25, 0.3) is 0 Å². The van der Waals surface area contributed by atoms with Crippen LogP contribution in [0.1, 0.15) is 36.0 Å². The number of nitrogens with two attached hydrogens (primary N) is 1. The first-order chi connectivity index (χ1) is 9.09. The number of nitrogen functional groups attached to an aromatic ring is 1. The van der Waals surface area contributed by atoms with Gasteiger partial charge >= 0.3 is 5.97 Å². The Morgan fingerprint density at radius 1 is 1.26 bits per heavy atom. The molecule has 0 radical (unpaired) electrons. The molecule has 1 aliphatic heterocycles. The molecule has 0 saturated carbocycles. The van der Waals surface area contributed by atoms with Gasteiger partial charge in [0.05, 0.1) is 0 Å². The molecule has 5 heteroatoms. The van der Waals surface area contributed by atoms with Crippen molar-refractivity contribution in [2.24, 2.45) is 0 Å². The Labute approximate surface area is 112 Å². The zero-order chi connectivity index (χ0) is 13.8. The van der Waals surface area contributed by atoms with Crippen LogP contribution >= 0.6 is 0 Å². The van der Waals surface area contributed by atoms with Crippen LogP contribution < -0.4 is 5.73 Å². The Bertz CT molecular complexity index is 487. The van der Waals surface area contributed by atoms with Crippen molar-refractivity contribution in [2.45, 2.75) is 31.7 Å². The Kier molecular flexibility index (Phi) is 4.04. The van der Waals surface area contributed by atoms with Crippen LogP contribution in [0.3, 0.4) is 0 Å². The van der Waals surface area contributed by atoms with Crippen molar-refractivity contribution in [2.75, 3.05) is 12.3 Å². The fraction of sp³-hybridized carbons (Fsp3) is 0.429. The van der Waals surface area contributed by atoms with Crippen LogP contribution in [-0.4, -0.2) is 34.5 Å². The highest BCUT2D eigenvalue weighted by molar-refractivity contribution is 5.97. The summed E-state index contributed by atoms with van der Waals surface area (Å²) in [5.41, 5.74) is 6.62. The van der Waals surface area contributed by atoms with Gasteiger partial charge in [-0.05, 0) is 31.0 Å². The van der Waals surface area contributed by atoms with Crippen LogP contribution in [0.15, 0.2) is 24.3 Å². The maximum atomic E-state index is 12.4. The third-order valence-corrected chi connectivity index (χ3v) is 3.43. The van der Waals surface area contributed by atoms with Gasteiger partial charge in [-0.15, -0.1) is 0 Å². The van der Waals surface area contributed by atoms with E-state index in [0.717, 1.165) is 19.3 Å². The van der Waals surface area contributed by atoms with Crippen molar-refractivity contribution in [1.29, 1.82) is 0 Å². The number of nitrogens with zero attached hydrogens (tertiary/aromatic N) is 1. The van der Waals surface area contributed by atoms with E-state index < -0.39 is 12.0 Å². The van der Waals surface area contributed by atoms with E-state index in [9.17, 15) is 14.7 Å². The number of carbonyl (C=O) groups is 2. The van der Waals surface area contributed by atoms with Gasteiger partial charge in [0.15, 0.2) is 0 Å². The van der Waals surface area contributed by atoms with Gasteiger partial charge < -0.3 is 15.7 Å². The standard InChI is InChI=1S/C14H18N2O3/c15-11-6-4-5-10(9-11)13(17)16-8-3-1-2-7-12(16)14(18)19/h4-6,9,12H,1-3,7-8,15H2,(H,18,19). The van der Waals surface area contributed by atoms with Crippen molar-refractivity contribution >= 4 is 17.6 Å². The molecule has 1 aromatic carbocycles. The van der Waals surface area contributed by atoms with Gasteiger partial charge in [0.2, 0.25) is 0 Å². The minimum atomic E-state index is -0.931. The van der Waals surface area contributed by atoms with Crippen LogP contribution in [0, 0.1) is 0 Å². The van der Waals surface area contributed by atoms with Crippen molar-refractivity contribution < 1.29 is 14.7 Å². The molecular weight excluding hydrogens is 244 g/mol. The number of anilines is 1. The highest BCUT2D eigenvalue weighted by Crippen LogP contribution is 2.20. The molecule has 1 aromatic rings. The van der Waals surface area contributed by atoms with E-state index in [1.165, 1.54) is 4.90 Å². The second-order valence-corrected chi connectivity index (χ2v) is 4.83. The van der Waals surface area contributed by atoms with Crippen molar-refractivity contribution in [3.05, 3.63) is 29.8 Å². The number of carboxylic acid groups (broad SMARTS) is 1. The zero-order valence-electron chi connectivity index (χ0n) is 10.7. The molecule has 1 heterocycles. The number of likely N-dealkylation sites (tertiary alicyclic amines) is 1. The fourth-order valence-electron chi connectivity index (χ4n) is 2.45. The normalized spacial score (nSPS) is 19.8. The Balaban J connectivity index is 2.26. The Morgan fingerprint density at radius 3 is 2.74 bits per heavy atom. The van der Waals surface area contributed by atoms with Crippen molar-refractivity contribution in [3.8, 4) is 0 Å². The summed E-state index contributed by atoms with van der Waals surface area (Å²) >= 11 is 0. The summed E-state index contributed by atoms with van der Waals surface area (Å²) in [7, 11) is 0. The minimum absolute atomic E-state index is 0.249. The zero-order valence-corrected chi connectivity index (χ0v) is 10.7. The second-order valence-electron chi connectivity index (χ2n) is 4.83. The molecule has 0 spiro atoms. The molecular formula is C14H18N2O3. The summed E-state index contributed by atoms with van der Waals surface area (Å²) in [6.45, 7) is 0.491. The lowest BCUT2D eigenvalue weighted by Crippen LogP contribution is -2.44. The monoisotopic (exact) mass is 262 g/mol. The van der Waals surface area contributed by atoms with E-state index in [4.69, 9.17) is 5.73 Å². The molecule has 0 aromatic heterocycles. The first kappa shape index (κ1) is 13.4. The summed E-state index contributed by atoms with van der Waals surface area (Å²) in [4.78, 5) is 25.2. The van der Waals surface area contributed by atoms with Gasteiger partial charge in [0.25, 0.3) is 5.91 Å². The molecule has 102 valence electrons. The maximum Gasteiger partial charge on any atom is 0.326 e. The lowest BCUT2D eigenvalue weighted by atomic mass is 10.1. The molecule has 2 rings (SSSR count). The summed E-state index contributed by atoms with van der Waals surface area (Å²) < 4.78 is 0. The number of amides is 1. The molecule has 1 saturated heterocycles. The summed E-state index contributed by atoms with van der Waals surface area (Å²) in [5, 5.41) is 9.27. The van der Waals surface area contributed by atoms with E-state index in [0.29, 0.717) is 24.2 Å². The predicted molar refractivity (Wildman–Crippen MR) is 71.8 cm³/mol. The van der Waals surface area contributed by atoms with Gasteiger partial charge in [-0.2, -0.15) is 0 Å². The largest absolute Gasteiger partial charge is 0.480 e. The first-order valence-electron chi connectivity index (χ1n) is 6.49. The predicted octanol–water partition coefficient (Wildman–Crippen LogP) is 1.74. The molecule has 5 nitrogen and oxygen atoms in total. The third kappa shape index (κ3) is 3.05. The molecule has 1 unspecified atom stereocenters. The number of hydrogen-bond donors (Lipinski definition) is 2. The van der Waals surface area contributed by atoms with Gasteiger partial charge in [-0.3, -0.25) is 4.79 Å². The molecule has 1 aliphatic rings. The molecule has 1 amide bonds. The summed E-state index contributed by atoms with van der Waals surface area (Å²) in [6, 6.07) is 5.94. The topological polar surface area (TPSA) is 83.6 Å². The van der Waals surface area contributed by atoms with E-state index in [1.54, 1.807) is 24.3 Å². The molecule has 1 atom stereocenters. The van der Waals surface area contributed by atoms with Crippen molar-refractivity contribution in [1.82, 2.24) is 4.90 Å². The van der Waals surface area contributed by atoms with Gasteiger partial charge in [0, 0.05) is 17.8 Å². The molecule has 1 fully saturated rings. The SMILES string of the molecule is Nc1cccc(C(=O)N2CCCCCC2C(=O)O)c1. The number of hydrogen-bond acceptors (Lipinski definition) is 3. The fourth-order valence-corrected chi connectivity index (χ4v) is 2.45. The first-order valence-corrected chi connectivity index (χ1v) is 6.49. The van der Waals surface area contributed by atoms with E-state index in [1.807, 2.05) is 0 Å². The highest BCUT2D eigenvalue weighted by Gasteiger charge is 2.31. The quantitative estimate of drug-likeness (QED) is 0.795. The number of benzene rings is 1. The number of carbonyl (C=O) groups excluding carboxylic acids is 1. The second kappa shape index (κ2) is 5.73. The smallest absolute Gasteiger partial charge is 0.326 e. The van der Waals surface area contributed by atoms with Gasteiger partial charge in [0.1, 0.15) is 6.04 Å². The molecule has 0 aliphatic carbocycles. The van der Waals surface area contributed by atoms with Gasteiger partial charge in [-0.25, -0.2) is 4.79 Å². The van der Waals surface area contributed by atoms with Crippen LogP contribution in [-0.2, 0) is 4.79 Å². The summed E-state index contributed by atoms with van der Waals surface area (Å²) in [6.07, 6.45) is 3.17. The van der Waals surface area contributed by atoms with Crippen LogP contribution in [0.5, 0.6) is 0 Å². The molecule has 19 heavy (non-hydrogen) atoms. The average molecular weight is 262 g/mol. The Morgan fingerprint density at radius 2 is 2.05 bits per heavy atom. The molecule has 3 N–H and O–H groups in total. The number of rotatable bonds is 2. The van der Waals surface area contributed by atoms with Crippen molar-refractivity contribution in [3.63, 3.8) is 0 Å². The molecule has 0 bridgehead atoms. The minimum Gasteiger partial charge on any atom is -0.480 e. The number of aliphatic carboxylic acids is 1. The van der Waals surface area contributed by atoms with Crippen LogP contribution in [0.4, 0.5) is 5.69 Å². The number of carboxylic acids is 1. The van der Waals surface area contributed by atoms with E-state index >= 15 is 0 Å². The summed E-state index contributed by atoms with van der Waals surface area (Å²) in [5.74, 6) is -1.18. The van der Waals surface area contributed by atoms with Gasteiger partial charge in [-0.1, -0.05) is 18.9 Å².